The molecule has 1 rings (SSSR count). The Hall–Kier alpha value is -1.31. The number of hydrogen-bond donors (Lipinski definition) is 1. The fourth-order valence-corrected chi connectivity index (χ4v) is 1.04. The molecule has 0 aliphatic carbocycles. The van der Waals surface area contributed by atoms with Crippen LogP contribution in [0, 0.1) is 0 Å². The standard InChI is InChI=1S/C10H13NO.C2H6/c1-3-8-4-6-9(7-5-8)10(12)11-2;1-2/h4-7H,3H2,1-2H3,(H,11,12);1-2H3. The topological polar surface area (TPSA) is 29.1 Å². The first-order valence-corrected chi connectivity index (χ1v) is 5.09. The summed E-state index contributed by atoms with van der Waals surface area (Å²) in [5.74, 6) is -0.0300. The minimum absolute atomic E-state index is 0.0300. The van der Waals surface area contributed by atoms with Crippen molar-refractivity contribution >= 4 is 5.91 Å². The molecule has 1 N–H and O–H groups in total. The molecule has 0 atom stereocenters. The van der Waals surface area contributed by atoms with Gasteiger partial charge in [-0.25, -0.2) is 0 Å². The van der Waals surface area contributed by atoms with Gasteiger partial charge in [-0.1, -0.05) is 32.9 Å². The van der Waals surface area contributed by atoms with Gasteiger partial charge in [-0.15, -0.1) is 0 Å². The van der Waals surface area contributed by atoms with E-state index in [1.807, 2.05) is 38.1 Å². The number of rotatable bonds is 2. The third-order valence-electron chi connectivity index (χ3n) is 1.85. The van der Waals surface area contributed by atoms with E-state index in [1.165, 1.54) is 5.56 Å². The van der Waals surface area contributed by atoms with Crippen molar-refractivity contribution in [3.63, 3.8) is 0 Å². The maximum Gasteiger partial charge on any atom is 0.251 e. The summed E-state index contributed by atoms with van der Waals surface area (Å²) in [4.78, 5) is 11.1. The van der Waals surface area contributed by atoms with Crippen molar-refractivity contribution < 1.29 is 4.79 Å². The van der Waals surface area contributed by atoms with Gasteiger partial charge < -0.3 is 5.32 Å². The Morgan fingerprint density at radius 1 is 1.21 bits per heavy atom. The zero-order valence-corrected chi connectivity index (χ0v) is 9.42. The molecule has 0 saturated heterocycles. The lowest BCUT2D eigenvalue weighted by atomic mass is 10.1. The maximum atomic E-state index is 11.1. The van der Waals surface area contributed by atoms with E-state index in [2.05, 4.69) is 12.2 Å². The molecule has 0 spiro atoms. The summed E-state index contributed by atoms with van der Waals surface area (Å²) in [5, 5.41) is 2.58. The molecule has 78 valence electrons. The third-order valence-corrected chi connectivity index (χ3v) is 1.85. The van der Waals surface area contributed by atoms with Gasteiger partial charge in [0, 0.05) is 12.6 Å². The first kappa shape index (κ1) is 12.7. The summed E-state index contributed by atoms with van der Waals surface area (Å²) in [6, 6.07) is 7.64. The molecule has 0 saturated carbocycles. The van der Waals surface area contributed by atoms with Crippen LogP contribution in [-0.4, -0.2) is 13.0 Å². The summed E-state index contributed by atoms with van der Waals surface area (Å²) >= 11 is 0. The van der Waals surface area contributed by atoms with Gasteiger partial charge in [0.25, 0.3) is 5.91 Å². The Morgan fingerprint density at radius 2 is 1.71 bits per heavy atom. The molecule has 0 fully saturated rings. The second-order valence-electron chi connectivity index (χ2n) is 2.63. The van der Waals surface area contributed by atoms with Crippen molar-refractivity contribution in [1.82, 2.24) is 5.32 Å². The molecular formula is C12H19NO. The van der Waals surface area contributed by atoms with Gasteiger partial charge >= 0.3 is 0 Å². The summed E-state index contributed by atoms with van der Waals surface area (Å²) < 4.78 is 0. The normalized spacial score (nSPS) is 8.57. The van der Waals surface area contributed by atoms with Crippen LogP contribution < -0.4 is 5.32 Å². The molecule has 2 heteroatoms. The largest absolute Gasteiger partial charge is 0.355 e. The van der Waals surface area contributed by atoms with Crippen LogP contribution in [0.3, 0.4) is 0 Å². The van der Waals surface area contributed by atoms with E-state index in [0.717, 1.165) is 12.0 Å². The number of hydrogen-bond acceptors (Lipinski definition) is 1. The van der Waals surface area contributed by atoms with Crippen LogP contribution in [0.4, 0.5) is 0 Å². The zero-order valence-electron chi connectivity index (χ0n) is 9.42. The van der Waals surface area contributed by atoms with Gasteiger partial charge in [0.05, 0.1) is 0 Å². The van der Waals surface area contributed by atoms with E-state index >= 15 is 0 Å². The number of nitrogens with one attached hydrogen (secondary N) is 1. The first-order valence-electron chi connectivity index (χ1n) is 5.09. The smallest absolute Gasteiger partial charge is 0.251 e. The molecule has 1 amide bonds. The lowest BCUT2D eigenvalue weighted by Gasteiger charge is -2.00. The van der Waals surface area contributed by atoms with Crippen molar-refractivity contribution in [2.24, 2.45) is 0 Å². The van der Waals surface area contributed by atoms with Crippen molar-refractivity contribution in [3.8, 4) is 0 Å². The van der Waals surface area contributed by atoms with Gasteiger partial charge in [0.15, 0.2) is 0 Å². The van der Waals surface area contributed by atoms with Crippen LogP contribution in [0.5, 0.6) is 0 Å². The van der Waals surface area contributed by atoms with E-state index in [9.17, 15) is 4.79 Å². The molecule has 0 unspecified atom stereocenters. The van der Waals surface area contributed by atoms with Crippen LogP contribution in [0.15, 0.2) is 24.3 Å². The lowest BCUT2D eigenvalue weighted by Crippen LogP contribution is -2.17. The Morgan fingerprint density at radius 3 is 2.07 bits per heavy atom. The van der Waals surface area contributed by atoms with Crippen LogP contribution in [0.2, 0.25) is 0 Å². The van der Waals surface area contributed by atoms with Crippen LogP contribution in [0.25, 0.3) is 0 Å². The molecule has 1 aromatic rings. The second-order valence-corrected chi connectivity index (χ2v) is 2.63. The van der Waals surface area contributed by atoms with Gasteiger partial charge in [-0.05, 0) is 24.1 Å². The molecule has 2 nitrogen and oxygen atoms in total. The Kier molecular flexibility index (Phi) is 6.46. The minimum atomic E-state index is -0.0300. The third kappa shape index (κ3) is 3.60. The lowest BCUT2D eigenvalue weighted by molar-refractivity contribution is 0.0963. The van der Waals surface area contributed by atoms with Gasteiger partial charge in [0.2, 0.25) is 0 Å². The number of amides is 1. The first-order chi connectivity index (χ1) is 6.77. The van der Waals surface area contributed by atoms with Gasteiger partial charge in [-0.3, -0.25) is 4.79 Å². The minimum Gasteiger partial charge on any atom is -0.355 e. The quantitative estimate of drug-likeness (QED) is 0.768. The highest BCUT2D eigenvalue weighted by Gasteiger charge is 2.00. The number of benzene rings is 1. The maximum absolute atomic E-state index is 11.1. The molecule has 0 heterocycles. The molecule has 14 heavy (non-hydrogen) atoms. The van der Waals surface area contributed by atoms with E-state index in [1.54, 1.807) is 7.05 Å². The molecule has 0 aliphatic heterocycles. The number of carbonyl (C=O) groups excluding carboxylic acids is 1. The van der Waals surface area contributed by atoms with Crippen LogP contribution in [0.1, 0.15) is 36.7 Å². The molecular weight excluding hydrogens is 174 g/mol. The Bertz CT molecular complexity index is 264. The Balaban J connectivity index is 0.000000791. The van der Waals surface area contributed by atoms with Crippen molar-refractivity contribution in [2.45, 2.75) is 27.2 Å². The van der Waals surface area contributed by atoms with E-state index in [4.69, 9.17) is 0 Å². The fourth-order valence-electron chi connectivity index (χ4n) is 1.04. The highest BCUT2D eigenvalue weighted by atomic mass is 16.1. The van der Waals surface area contributed by atoms with E-state index < -0.39 is 0 Å². The number of carbonyl (C=O) groups is 1. The van der Waals surface area contributed by atoms with Crippen molar-refractivity contribution in [2.75, 3.05) is 7.05 Å². The van der Waals surface area contributed by atoms with E-state index in [-0.39, 0.29) is 5.91 Å². The highest BCUT2D eigenvalue weighted by Crippen LogP contribution is 2.04. The van der Waals surface area contributed by atoms with Crippen molar-refractivity contribution in [3.05, 3.63) is 35.4 Å². The molecule has 0 radical (unpaired) electrons. The molecule has 0 bridgehead atoms. The van der Waals surface area contributed by atoms with Gasteiger partial charge in [0.1, 0.15) is 0 Å². The summed E-state index contributed by atoms with van der Waals surface area (Å²) in [6.07, 6.45) is 1.01. The van der Waals surface area contributed by atoms with Crippen molar-refractivity contribution in [1.29, 1.82) is 0 Å². The fraction of sp³-hybridized carbons (Fsp3) is 0.417. The molecule has 0 aliphatic rings. The average molecular weight is 193 g/mol. The molecule has 0 aromatic heterocycles. The van der Waals surface area contributed by atoms with E-state index in [0.29, 0.717) is 0 Å². The second kappa shape index (κ2) is 7.13. The summed E-state index contributed by atoms with van der Waals surface area (Å²) in [7, 11) is 1.63. The summed E-state index contributed by atoms with van der Waals surface area (Å²) in [5.41, 5.74) is 1.97. The number of aryl methyl sites for hydroxylation is 1. The van der Waals surface area contributed by atoms with Gasteiger partial charge in [-0.2, -0.15) is 0 Å². The van der Waals surface area contributed by atoms with Crippen LogP contribution in [-0.2, 0) is 6.42 Å². The van der Waals surface area contributed by atoms with Crippen LogP contribution >= 0.6 is 0 Å². The Labute approximate surface area is 86.3 Å². The molecule has 1 aromatic carbocycles. The predicted octanol–water partition coefficient (Wildman–Crippen LogP) is 2.63. The highest BCUT2D eigenvalue weighted by molar-refractivity contribution is 5.93. The average Bonchev–Trinajstić information content (AvgIpc) is 2.31. The summed E-state index contributed by atoms with van der Waals surface area (Å²) in [6.45, 7) is 6.09. The monoisotopic (exact) mass is 193 g/mol. The zero-order chi connectivity index (χ0) is 11.0. The SMILES string of the molecule is CC.CCc1ccc(C(=O)NC)cc1. The predicted molar refractivity (Wildman–Crippen MR) is 60.6 cm³/mol.